The maximum absolute atomic E-state index is 13.4. The van der Waals surface area contributed by atoms with Gasteiger partial charge >= 0.3 is 0 Å². The normalized spacial score (nSPS) is 17.2. The molecular formula is C14H15F2N3O2. The monoisotopic (exact) mass is 295 g/mol. The summed E-state index contributed by atoms with van der Waals surface area (Å²) in [6, 6.07) is 1.58. The number of aromatic nitrogens is 2. The van der Waals surface area contributed by atoms with Crippen molar-refractivity contribution in [3.63, 3.8) is 0 Å². The van der Waals surface area contributed by atoms with Crippen LogP contribution in [0.5, 0.6) is 0 Å². The molecule has 1 saturated heterocycles. The van der Waals surface area contributed by atoms with Gasteiger partial charge in [-0.2, -0.15) is 0 Å². The van der Waals surface area contributed by atoms with E-state index in [2.05, 4.69) is 4.98 Å². The van der Waals surface area contributed by atoms with Crippen LogP contribution in [-0.4, -0.2) is 46.7 Å². The second kappa shape index (κ2) is 5.40. The van der Waals surface area contributed by atoms with Gasteiger partial charge in [-0.15, -0.1) is 0 Å². The first kappa shape index (κ1) is 13.9. The average Bonchev–Trinajstić information content (AvgIpc) is 2.90. The second-order valence-corrected chi connectivity index (χ2v) is 5.02. The lowest BCUT2D eigenvalue weighted by atomic mass is 10.2. The number of hydrogen-bond donors (Lipinski definition) is 0. The van der Waals surface area contributed by atoms with Crippen molar-refractivity contribution in [3.05, 3.63) is 30.1 Å². The van der Waals surface area contributed by atoms with Crippen molar-refractivity contribution in [2.24, 2.45) is 0 Å². The largest absolute Gasteiger partial charge is 0.378 e. The van der Waals surface area contributed by atoms with Crippen molar-refractivity contribution >= 4 is 16.9 Å². The van der Waals surface area contributed by atoms with E-state index in [0.717, 1.165) is 12.1 Å². The summed E-state index contributed by atoms with van der Waals surface area (Å²) in [6.45, 7) is 3.84. The minimum atomic E-state index is -0.949. The van der Waals surface area contributed by atoms with Gasteiger partial charge in [-0.3, -0.25) is 4.79 Å². The van der Waals surface area contributed by atoms with Crippen molar-refractivity contribution in [1.29, 1.82) is 0 Å². The summed E-state index contributed by atoms with van der Waals surface area (Å²) in [5.74, 6) is -1.97. The van der Waals surface area contributed by atoms with Crippen molar-refractivity contribution in [2.75, 3.05) is 26.3 Å². The first-order valence-electron chi connectivity index (χ1n) is 6.76. The fourth-order valence-electron chi connectivity index (χ4n) is 2.50. The van der Waals surface area contributed by atoms with E-state index in [1.54, 1.807) is 16.4 Å². The van der Waals surface area contributed by atoms with Gasteiger partial charge in [0.05, 0.1) is 30.6 Å². The third kappa shape index (κ3) is 2.49. The minimum Gasteiger partial charge on any atom is -0.378 e. The number of imidazole rings is 1. The molecule has 3 rings (SSSR count). The van der Waals surface area contributed by atoms with Crippen LogP contribution in [0.25, 0.3) is 11.0 Å². The summed E-state index contributed by atoms with van der Waals surface area (Å²) < 4.78 is 33.4. The van der Waals surface area contributed by atoms with E-state index in [4.69, 9.17) is 4.74 Å². The quantitative estimate of drug-likeness (QED) is 0.848. The fourth-order valence-corrected chi connectivity index (χ4v) is 2.50. The van der Waals surface area contributed by atoms with Gasteiger partial charge < -0.3 is 14.2 Å². The Morgan fingerprint density at radius 1 is 1.29 bits per heavy atom. The highest BCUT2D eigenvalue weighted by Gasteiger charge is 2.25. The molecule has 0 N–H and O–H groups in total. The van der Waals surface area contributed by atoms with Crippen LogP contribution in [0.2, 0.25) is 0 Å². The van der Waals surface area contributed by atoms with E-state index in [1.165, 1.54) is 6.33 Å². The molecule has 0 spiro atoms. The molecule has 1 aromatic carbocycles. The Kier molecular flexibility index (Phi) is 3.59. The van der Waals surface area contributed by atoms with Crippen LogP contribution in [0.4, 0.5) is 8.78 Å². The van der Waals surface area contributed by atoms with Crippen LogP contribution in [0.15, 0.2) is 18.5 Å². The molecule has 1 atom stereocenters. The maximum atomic E-state index is 13.4. The van der Waals surface area contributed by atoms with Gasteiger partial charge in [0.1, 0.15) is 6.04 Å². The molecule has 0 saturated carbocycles. The Bertz CT molecular complexity index is 680. The zero-order valence-electron chi connectivity index (χ0n) is 11.6. The zero-order chi connectivity index (χ0) is 15.0. The Morgan fingerprint density at radius 3 is 2.67 bits per heavy atom. The SMILES string of the molecule is CC(C(=O)N1CCOCC1)n1cnc2cc(F)c(F)cc21. The Hall–Kier alpha value is -2.02. The van der Waals surface area contributed by atoms with Crippen molar-refractivity contribution in [1.82, 2.24) is 14.5 Å². The highest BCUT2D eigenvalue weighted by molar-refractivity contribution is 5.83. The summed E-state index contributed by atoms with van der Waals surface area (Å²) in [5.41, 5.74) is 0.735. The summed E-state index contributed by atoms with van der Waals surface area (Å²) in [4.78, 5) is 18.2. The number of fused-ring (bicyclic) bond motifs is 1. The van der Waals surface area contributed by atoms with E-state index in [9.17, 15) is 13.6 Å². The van der Waals surface area contributed by atoms with E-state index in [-0.39, 0.29) is 5.91 Å². The lowest BCUT2D eigenvalue weighted by Gasteiger charge is -2.29. The van der Waals surface area contributed by atoms with Gasteiger partial charge in [-0.25, -0.2) is 13.8 Å². The predicted molar refractivity (Wildman–Crippen MR) is 71.8 cm³/mol. The molecule has 2 aromatic rings. The predicted octanol–water partition coefficient (Wildman–Crippen LogP) is 1.73. The van der Waals surface area contributed by atoms with Gasteiger partial charge in [0, 0.05) is 25.2 Å². The highest BCUT2D eigenvalue weighted by atomic mass is 19.2. The molecule has 1 aliphatic rings. The first-order valence-corrected chi connectivity index (χ1v) is 6.76. The molecule has 7 heteroatoms. The lowest BCUT2D eigenvalue weighted by molar-refractivity contribution is -0.138. The van der Waals surface area contributed by atoms with Crippen LogP contribution in [0.3, 0.4) is 0 Å². The number of halogens is 2. The van der Waals surface area contributed by atoms with E-state index in [0.29, 0.717) is 37.3 Å². The second-order valence-electron chi connectivity index (χ2n) is 5.02. The molecule has 1 unspecified atom stereocenters. The van der Waals surface area contributed by atoms with Gasteiger partial charge in [0.2, 0.25) is 5.91 Å². The Morgan fingerprint density at radius 2 is 1.95 bits per heavy atom. The molecule has 0 bridgehead atoms. The molecule has 1 aliphatic heterocycles. The number of ether oxygens (including phenoxy) is 1. The first-order chi connectivity index (χ1) is 10.1. The number of morpholine rings is 1. The summed E-state index contributed by atoms with van der Waals surface area (Å²) in [5, 5.41) is 0. The van der Waals surface area contributed by atoms with Crippen LogP contribution < -0.4 is 0 Å². The number of nitrogens with zero attached hydrogens (tertiary/aromatic N) is 3. The van der Waals surface area contributed by atoms with E-state index >= 15 is 0 Å². The average molecular weight is 295 g/mol. The number of amides is 1. The van der Waals surface area contributed by atoms with Gasteiger partial charge in [-0.1, -0.05) is 0 Å². The van der Waals surface area contributed by atoms with Gasteiger partial charge in [0.25, 0.3) is 0 Å². The number of carbonyl (C=O) groups excluding carboxylic acids is 1. The fraction of sp³-hybridized carbons (Fsp3) is 0.429. The third-order valence-electron chi connectivity index (χ3n) is 3.71. The lowest BCUT2D eigenvalue weighted by Crippen LogP contribution is -2.43. The summed E-state index contributed by atoms with van der Waals surface area (Å²) >= 11 is 0. The molecule has 5 nitrogen and oxygen atoms in total. The molecule has 1 fully saturated rings. The third-order valence-corrected chi connectivity index (χ3v) is 3.71. The van der Waals surface area contributed by atoms with Crippen molar-refractivity contribution in [3.8, 4) is 0 Å². The van der Waals surface area contributed by atoms with Crippen LogP contribution >= 0.6 is 0 Å². The molecule has 1 amide bonds. The standard InChI is InChI=1S/C14H15F2N3O2/c1-9(14(20)18-2-4-21-5-3-18)19-8-17-12-6-10(15)11(16)7-13(12)19/h6-9H,2-5H2,1H3. The van der Waals surface area contributed by atoms with Gasteiger partial charge in [0.15, 0.2) is 11.6 Å². The van der Waals surface area contributed by atoms with Crippen LogP contribution in [0, 0.1) is 11.6 Å². The van der Waals surface area contributed by atoms with Crippen molar-refractivity contribution in [2.45, 2.75) is 13.0 Å². The zero-order valence-corrected chi connectivity index (χ0v) is 11.6. The number of hydrogen-bond acceptors (Lipinski definition) is 3. The van der Waals surface area contributed by atoms with Gasteiger partial charge in [-0.05, 0) is 6.92 Å². The molecule has 0 radical (unpaired) electrons. The molecular weight excluding hydrogens is 280 g/mol. The molecule has 2 heterocycles. The molecule has 1 aromatic heterocycles. The minimum absolute atomic E-state index is 0.0812. The maximum Gasteiger partial charge on any atom is 0.245 e. The Balaban J connectivity index is 1.92. The topological polar surface area (TPSA) is 47.4 Å². The van der Waals surface area contributed by atoms with Crippen molar-refractivity contribution < 1.29 is 18.3 Å². The highest BCUT2D eigenvalue weighted by Crippen LogP contribution is 2.22. The molecule has 112 valence electrons. The van der Waals surface area contributed by atoms with Crippen LogP contribution in [-0.2, 0) is 9.53 Å². The summed E-state index contributed by atoms with van der Waals surface area (Å²) in [7, 11) is 0. The van der Waals surface area contributed by atoms with E-state index < -0.39 is 17.7 Å². The summed E-state index contributed by atoms with van der Waals surface area (Å²) in [6.07, 6.45) is 1.44. The number of carbonyl (C=O) groups is 1. The van der Waals surface area contributed by atoms with E-state index in [1.807, 2.05) is 0 Å². The smallest absolute Gasteiger partial charge is 0.245 e. The molecule has 21 heavy (non-hydrogen) atoms. The molecule has 0 aliphatic carbocycles. The number of benzene rings is 1. The number of rotatable bonds is 2. The van der Waals surface area contributed by atoms with Crippen LogP contribution in [0.1, 0.15) is 13.0 Å². The Labute approximate surface area is 120 Å².